The smallest absolute Gasteiger partial charge is 0.289 e. The first-order valence-corrected chi connectivity index (χ1v) is 8.21. The molecule has 1 amide bonds. The quantitative estimate of drug-likeness (QED) is 0.846. The van der Waals surface area contributed by atoms with Gasteiger partial charge in [-0.1, -0.05) is 0 Å². The molecular formula is C17H19FN4O2. The molecule has 2 aliphatic rings. The molecule has 2 aromatic rings. The second kappa shape index (κ2) is 5.89. The zero-order valence-corrected chi connectivity index (χ0v) is 13.3. The van der Waals surface area contributed by atoms with E-state index in [2.05, 4.69) is 14.9 Å². The van der Waals surface area contributed by atoms with Gasteiger partial charge in [0.1, 0.15) is 0 Å². The van der Waals surface area contributed by atoms with Crippen molar-refractivity contribution in [2.45, 2.75) is 19.3 Å². The number of rotatable bonds is 2. The van der Waals surface area contributed by atoms with Crippen LogP contribution in [-0.2, 0) is 0 Å². The van der Waals surface area contributed by atoms with Crippen molar-refractivity contribution in [2.24, 2.45) is 5.41 Å². The van der Waals surface area contributed by atoms with Gasteiger partial charge in [-0.15, -0.1) is 0 Å². The lowest BCUT2D eigenvalue weighted by Crippen LogP contribution is -2.46. The van der Waals surface area contributed by atoms with Crippen LogP contribution in [0.1, 0.15) is 29.8 Å². The molecule has 7 heteroatoms. The lowest BCUT2D eigenvalue weighted by Gasteiger charge is -2.40. The highest BCUT2D eigenvalue weighted by Crippen LogP contribution is 2.40. The van der Waals surface area contributed by atoms with E-state index in [0.29, 0.717) is 18.3 Å². The highest BCUT2D eigenvalue weighted by Gasteiger charge is 2.43. The number of furan rings is 1. The summed E-state index contributed by atoms with van der Waals surface area (Å²) in [6.45, 7) is 3.10. The van der Waals surface area contributed by atoms with E-state index in [1.165, 1.54) is 18.7 Å². The molecule has 126 valence electrons. The topological polar surface area (TPSA) is 62.5 Å². The Hall–Kier alpha value is -2.44. The van der Waals surface area contributed by atoms with E-state index in [9.17, 15) is 9.18 Å². The Morgan fingerprint density at radius 3 is 2.79 bits per heavy atom. The van der Waals surface area contributed by atoms with Crippen LogP contribution in [0.5, 0.6) is 0 Å². The highest BCUT2D eigenvalue weighted by molar-refractivity contribution is 5.91. The maximum Gasteiger partial charge on any atom is 0.289 e. The van der Waals surface area contributed by atoms with Crippen LogP contribution >= 0.6 is 0 Å². The van der Waals surface area contributed by atoms with Crippen LogP contribution in [0.25, 0.3) is 0 Å². The van der Waals surface area contributed by atoms with Crippen LogP contribution in [0.2, 0.25) is 0 Å². The van der Waals surface area contributed by atoms with E-state index in [-0.39, 0.29) is 11.3 Å². The molecule has 4 rings (SSSR count). The standard InChI is InChI=1S/C17H19FN4O2/c18-13-9-19-16(20-10-13)22-6-2-4-17(12-22)5-7-21(11-17)15(23)14-3-1-8-24-14/h1,3,8-10H,2,4-7,11-12H2/t17-/m1/s1. The SMILES string of the molecule is O=C(c1ccco1)N1CC[C@]2(CCCN(c3ncc(F)cn3)C2)C1. The van der Waals surface area contributed by atoms with E-state index in [4.69, 9.17) is 4.42 Å². The highest BCUT2D eigenvalue weighted by atomic mass is 19.1. The van der Waals surface area contributed by atoms with Crippen molar-refractivity contribution in [3.05, 3.63) is 42.4 Å². The lowest BCUT2D eigenvalue weighted by atomic mass is 9.79. The van der Waals surface area contributed by atoms with Crippen LogP contribution in [0, 0.1) is 11.2 Å². The van der Waals surface area contributed by atoms with Crippen molar-refractivity contribution >= 4 is 11.9 Å². The molecule has 1 spiro atoms. The Morgan fingerprint density at radius 2 is 2.04 bits per heavy atom. The summed E-state index contributed by atoms with van der Waals surface area (Å²) in [6.07, 6.45) is 6.97. The normalized spacial score (nSPS) is 23.9. The number of carbonyl (C=O) groups excluding carboxylic acids is 1. The third-order valence-electron chi connectivity index (χ3n) is 5.01. The van der Waals surface area contributed by atoms with Gasteiger partial charge < -0.3 is 14.2 Å². The van der Waals surface area contributed by atoms with Crippen LogP contribution in [0.4, 0.5) is 10.3 Å². The largest absolute Gasteiger partial charge is 0.459 e. The fraction of sp³-hybridized carbons (Fsp3) is 0.471. The summed E-state index contributed by atoms with van der Waals surface area (Å²) in [6, 6.07) is 3.43. The van der Waals surface area contributed by atoms with Crippen molar-refractivity contribution in [3.8, 4) is 0 Å². The average Bonchev–Trinajstić information content (AvgIpc) is 3.26. The summed E-state index contributed by atoms with van der Waals surface area (Å²) in [7, 11) is 0. The number of halogens is 1. The van der Waals surface area contributed by atoms with Crippen molar-refractivity contribution in [2.75, 3.05) is 31.1 Å². The number of hydrogen-bond acceptors (Lipinski definition) is 5. The molecule has 1 atom stereocenters. The molecule has 6 nitrogen and oxygen atoms in total. The predicted molar refractivity (Wildman–Crippen MR) is 85.1 cm³/mol. The van der Waals surface area contributed by atoms with Gasteiger partial charge in [0.2, 0.25) is 5.95 Å². The number of aromatic nitrogens is 2. The monoisotopic (exact) mass is 330 g/mol. The second-order valence-electron chi connectivity index (χ2n) is 6.68. The van der Waals surface area contributed by atoms with E-state index in [0.717, 1.165) is 38.9 Å². The van der Waals surface area contributed by atoms with E-state index < -0.39 is 5.82 Å². The third kappa shape index (κ3) is 2.74. The predicted octanol–water partition coefficient (Wildman–Crippen LogP) is 2.34. The molecule has 0 N–H and O–H groups in total. The Kier molecular flexibility index (Phi) is 3.70. The third-order valence-corrected chi connectivity index (χ3v) is 5.01. The van der Waals surface area contributed by atoms with Crippen LogP contribution in [0.3, 0.4) is 0 Å². The van der Waals surface area contributed by atoms with Crippen LogP contribution in [-0.4, -0.2) is 47.0 Å². The first kappa shape index (κ1) is 15.1. The summed E-state index contributed by atoms with van der Waals surface area (Å²) in [5, 5.41) is 0. The molecule has 4 heterocycles. The minimum Gasteiger partial charge on any atom is -0.459 e. The Morgan fingerprint density at radius 1 is 1.21 bits per heavy atom. The van der Waals surface area contributed by atoms with Gasteiger partial charge in [-0.05, 0) is 31.4 Å². The summed E-state index contributed by atoms with van der Waals surface area (Å²) in [5.41, 5.74) is 0.0538. The van der Waals surface area contributed by atoms with E-state index in [1.807, 2.05) is 4.90 Å². The molecule has 0 saturated carbocycles. The molecule has 0 radical (unpaired) electrons. The molecule has 2 aliphatic heterocycles. The minimum absolute atomic E-state index is 0.0490. The Bertz CT molecular complexity index is 719. The van der Waals surface area contributed by atoms with Gasteiger partial charge >= 0.3 is 0 Å². The molecule has 0 aliphatic carbocycles. The second-order valence-corrected chi connectivity index (χ2v) is 6.68. The molecule has 0 aromatic carbocycles. The summed E-state index contributed by atoms with van der Waals surface area (Å²) < 4.78 is 18.3. The molecule has 2 saturated heterocycles. The van der Waals surface area contributed by atoms with Crippen LogP contribution in [0.15, 0.2) is 35.2 Å². The molecule has 2 aromatic heterocycles. The number of piperidine rings is 1. The maximum absolute atomic E-state index is 13.0. The number of likely N-dealkylation sites (tertiary alicyclic amines) is 1. The van der Waals surface area contributed by atoms with E-state index in [1.54, 1.807) is 12.1 Å². The summed E-state index contributed by atoms with van der Waals surface area (Å²) in [5.74, 6) is 0.474. The van der Waals surface area contributed by atoms with Gasteiger partial charge in [-0.2, -0.15) is 0 Å². The number of nitrogens with zero attached hydrogens (tertiary/aromatic N) is 4. The lowest BCUT2D eigenvalue weighted by molar-refractivity contribution is 0.0736. The average molecular weight is 330 g/mol. The van der Waals surface area contributed by atoms with Crippen molar-refractivity contribution in [3.63, 3.8) is 0 Å². The zero-order chi connectivity index (χ0) is 16.6. The number of hydrogen-bond donors (Lipinski definition) is 0. The van der Waals surface area contributed by atoms with Gasteiger partial charge in [0.15, 0.2) is 11.6 Å². The number of carbonyl (C=O) groups is 1. The van der Waals surface area contributed by atoms with Gasteiger partial charge in [0.25, 0.3) is 5.91 Å². The van der Waals surface area contributed by atoms with Gasteiger partial charge in [0.05, 0.1) is 18.7 Å². The van der Waals surface area contributed by atoms with Gasteiger partial charge in [0, 0.05) is 31.6 Å². The molecule has 0 unspecified atom stereocenters. The van der Waals surface area contributed by atoms with Gasteiger partial charge in [-0.3, -0.25) is 4.79 Å². The number of anilines is 1. The van der Waals surface area contributed by atoms with Crippen molar-refractivity contribution in [1.82, 2.24) is 14.9 Å². The molecular weight excluding hydrogens is 311 g/mol. The Balaban J connectivity index is 1.47. The first-order chi connectivity index (χ1) is 11.7. The van der Waals surface area contributed by atoms with Crippen LogP contribution < -0.4 is 4.90 Å². The number of amides is 1. The zero-order valence-electron chi connectivity index (χ0n) is 13.3. The molecule has 24 heavy (non-hydrogen) atoms. The van der Waals surface area contributed by atoms with Crippen molar-refractivity contribution < 1.29 is 13.6 Å². The summed E-state index contributed by atoms with van der Waals surface area (Å²) >= 11 is 0. The van der Waals surface area contributed by atoms with Gasteiger partial charge in [-0.25, -0.2) is 14.4 Å². The molecule has 2 fully saturated rings. The van der Waals surface area contributed by atoms with E-state index >= 15 is 0 Å². The summed E-state index contributed by atoms with van der Waals surface area (Å²) in [4.78, 5) is 24.6. The maximum atomic E-state index is 13.0. The fourth-order valence-electron chi connectivity index (χ4n) is 3.85. The molecule has 0 bridgehead atoms. The first-order valence-electron chi connectivity index (χ1n) is 8.21. The minimum atomic E-state index is -0.429. The van der Waals surface area contributed by atoms with Crippen molar-refractivity contribution in [1.29, 1.82) is 0 Å². The Labute approximate surface area is 139 Å². The fourth-order valence-corrected chi connectivity index (χ4v) is 3.85.